The first-order valence-corrected chi connectivity index (χ1v) is 4.69. The largest absolute Gasteiger partial charge is 0.382 e. The zero-order valence-electron chi connectivity index (χ0n) is 8.82. The molecule has 0 aliphatic heterocycles. The van der Waals surface area contributed by atoms with Crippen molar-refractivity contribution >= 4 is 5.78 Å². The van der Waals surface area contributed by atoms with Crippen molar-refractivity contribution in [2.24, 2.45) is 7.05 Å². The van der Waals surface area contributed by atoms with Gasteiger partial charge in [0.2, 0.25) is 0 Å². The van der Waals surface area contributed by atoms with Crippen molar-refractivity contribution in [1.82, 2.24) is 9.78 Å². The maximum absolute atomic E-state index is 11.6. The fourth-order valence-electron chi connectivity index (χ4n) is 1.14. The summed E-state index contributed by atoms with van der Waals surface area (Å²) in [5, 5.41) is 13.6. The molecule has 4 nitrogen and oxygen atoms in total. The van der Waals surface area contributed by atoms with Crippen LogP contribution in [0.4, 0.5) is 0 Å². The van der Waals surface area contributed by atoms with E-state index >= 15 is 0 Å². The molecule has 1 atom stereocenters. The molecule has 0 fully saturated rings. The number of ketones is 1. The smallest absolute Gasteiger partial charge is 0.168 e. The third kappa shape index (κ3) is 2.42. The van der Waals surface area contributed by atoms with E-state index in [1.54, 1.807) is 38.0 Å². The van der Waals surface area contributed by atoms with Gasteiger partial charge in [0.1, 0.15) is 5.60 Å². The molecule has 1 rings (SSSR count). The number of aryl methyl sites for hydroxylation is 1. The van der Waals surface area contributed by atoms with Crippen LogP contribution in [0.25, 0.3) is 0 Å². The Morgan fingerprint density at radius 3 is 2.79 bits per heavy atom. The van der Waals surface area contributed by atoms with Crippen LogP contribution in [0, 0.1) is 0 Å². The Kier molecular flexibility index (Phi) is 3.06. The molecule has 1 aromatic rings. The maximum atomic E-state index is 11.6. The number of hydrogen-bond donors (Lipinski definition) is 1. The summed E-state index contributed by atoms with van der Waals surface area (Å²) in [6.07, 6.45) is 4.11. The van der Waals surface area contributed by atoms with Crippen molar-refractivity contribution in [2.75, 3.05) is 0 Å². The van der Waals surface area contributed by atoms with Crippen molar-refractivity contribution < 1.29 is 9.90 Å². The quantitative estimate of drug-likeness (QED) is 0.771. The number of carbonyl (C=O) groups excluding carboxylic acids is 1. The van der Waals surface area contributed by atoms with Gasteiger partial charge in [0.15, 0.2) is 5.78 Å². The van der Waals surface area contributed by atoms with E-state index in [9.17, 15) is 9.90 Å². The molecule has 1 N–H and O–H groups in total. The molecule has 0 saturated heterocycles. The van der Waals surface area contributed by atoms with Crippen LogP contribution >= 0.6 is 0 Å². The lowest BCUT2D eigenvalue weighted by atomic mass is 9.94. The SMILES string of the molecule is CCC(C)(O)C(=O)Cc1cnn(C)c1. The van der Waals surface area contributed by atoms with E-state index in [1.807, 2.05) is 0 Å². The van der Waals surface area contributed by atoms with Crippen LogP contribution in [-0.4, -0.2) is 26.3 Å². The molecule has 14 heavy (non-hydrogen) atoms. The predicted octanol–water partition coefficient (Wildman–Crippen LogP) is 0.693. The van der Waals surface area contributed by atoms with E-state index in [4.69, 9.17) is 0 Å². The van der Waals surface area contributed by atoms with Crippen LogP contribution in [0.3, 0.4) is 0 Å². The van der Waals surface area contributed by atoms with Gasteiger partial charge in [-0.1, -0.05) is 6.92 Å². The second-order valence-corrected chi connectivity index (χ2v) is 3.75. The molecular formula is C10H16N2O2. The van der Waals surface area contributed by atoms with Gasteiger partial charge < -0.3 is 5.11 Å². The second-order valence-electron chi connectivity index (χ2n) is 3.75. The minimum absolute atomic E-state index is 0.159. The number of Topliss-reactive ketones (excluding diaryl/α,β-unsaturated/α-hetero) is 1. The molecule has 0 radical (unpaired) electrons. The van der Waals surface area contributed by atoms with Crippen LogP contribution in [0.2, 0.25) is 0 Å². The van der Waals surface area contributed by atoms with Crippen molar-refractivity contribution in [3.63, 3.8) is 0 Å². The first kappa shape index (κ1) is 10.9. The zero-order chi connectivity index (χ0) is 10.8. The topological polar surface area (TPSA) is 55.1 Å². The number of hydrogen-bond acceptors (Lipinski definition) is 3. The lowest BCUT2D eigenvalue weighted by Gasteiger charge is -2.18. The molecule has 0 bridgehead atoms. The Labute approximate surface area is 83.5 Å². The van der Waals surface area contributed by atoms with Gasteiger partial charge in [0.25, 0.3) is 0 Å². The second kappa shape index (κ2) is 3.92. The monoisotopic (exact) mass is 196 g/mol. The fraction of sp³-hybridized carbons (Fsp3) is 0.600. The first-order chi connectivity index (χ1) is 6.45. The highest BCUT2D eigenvalue weighted by Crippen LogP contribution is 2.13. The Balaban J connectivity index is 2.66. The summed E-state index contributed by atoms with van der Waals surface area (Å²) in [7, 11) is 1.80. The van der Waals surface area contributed by atoms with Crippen LogP contribution in [0.1, 0.15) is 25.8 Å². The Bertz CT molecular complexity index is 329. The third-order valence-corrected chi connectivity index (χ3v) is 2.41. The lowest BCUT2D eigenvalue weighted by Crippen LogP contribution is -2.35. The first-order valence-electron chi connectivity index (χ1n) is 4.69. The highest BCUT2D eigenvalue weighted by atomic mass is 16.3. The summed E-state index contributed by atoms with van der Waals surface area (Å²) >= 11 is 0. The van der Waals surface area contributed by atoms with Crippen LogP contribution in [-0.2, 0) is 18.3 Å². The van der Waals surface area contributed by atoms with Gasteiger partial charge in [0, 0.05) is 19.7 Å². The minimum atomic E-state index is -1.21. The summed E-state index contributed by atoms with van der Waals surface area (Å²) < 4.78 is 1.64. The van der Waals surface area contributed by atoms with E-state index in [1.165, 1.54) is 0 Å². The fourth-order valence-corrected chi connectivity index (χ4v) is 1.14. The van der Waals surface area contributed by atoms with Gasteiger partial charge >= 0.3 is 0 Å². The van der Waals surface area contributed by atoms with Crippen LogP contribution < -0.4 is 0 Å². The predicted molar refractivity (Wildman–Crippen MR) is 52.8 cm³/mol. The number of rotatable bonds is 4. The molecule has 0 amide bonds. The molecule has 4 heteroatoms. The zero-order valence-corrected chi connectivity index (χ0v) is 8.82. The summed E-state index contributed by atoms with van der Waals surface area (Å²) in [6, 6.07) is 0. The normalized spacial score (nSPS) is 15.1. The highest BCUT2D eigenvalue weighted by Gasteiger charge is 2.27. The molecule has 1 aromatic heterocycles. The Morgan fingerprint density at radius 1 is 1.71 bits per heavy atom. The molecule has 0 aliphatic carbocycles. The molecule has 78 valence electrons. The molecule has 1 unspecified atom stereocenters. The number of nitrogens with zero attached hydrogens (tertiary/aromatic N) is 2. The molecule has 0 aliphatic rings. The van der Waals surface area contributed by atoms with Crippen molar-refractivity contribution in [3.8, 4) is 0 Å². The van der Waals surface area contributed by atoms with Crippen molar-refractivity contribution in [3.05, 3.63) is 18.0 Å². The van der Waals surface area contributed by atoms with Gasteiger partial charge in [-0.05, 0) is 18.9 Å². The van der Waals surface area contributed by atoms with Gasteiger partial charge in [-0.15, -0.1) is 0 Å². The maximum Gasteiger partial charge on any atom is 0.168 e. The summed E-state index contributed by atoms with van der Waals surface area (Å²) in [5.41, 5.74) is -0.373. The average Bonchev–Trinajstić information content (AvgIpc) is 2.51. The van der Waals surface area contributed by atoms with Gasteiger partial charge in [-0.25, -0.2) is 0 Å². The average molecular weight is 196 g/mol. The van der Waals surface area contributed by atoms with Gasteiger partial charge in [-0.3, -0.25) is 9.48 Å². The van der Waals surface area contributed by atoms with E-state index in [0.29, 0.717) is 6.42 Å². The lowest BCUT2D eigenvalue weighted by molar-refractivity contribution is -0.135. The van der Waals surface area contributed by atoms with Crippen molar-refractivity contribution in [1.29, 1.82) is 0 Å². The van der Waals surface area contributed by atoms with E-state index < -0.39 is 5.60 Å². The molecule has 0 saturated carbocycles. The summed E-state index contributed by atoms with van der Waals surface area (Å²) in [4.78, 5) is 11.6. The molecule has 1 heterocycles. The van der Waals surface area contributed by atoms with Crippen molar-refractivity contribution in [2.45, 2.75) is 32.3 Å². The van der Waals surface area contributed by atoms with E-state index in [0.717, 1.165) is 5.56 Å². The molecular weight excluding hydrogens is 180 g/mol. The molecule has 0 aromatic carbocycles. The number of carbonyl (C=O) groups is 1. The Morgan fingerprint density at radius 2 is 2.36 bits per heavy atom. The standard InChI is InChI=1S/C10H16N2O2/c1-4-10(2,14)9(13)5-8-6-11-12(3)7-8/h6-7,14H,4-5H2,1-3H3. The van der Waals surface area contributed by atoms with E-state index in [-0.39, 0.29) is 12.2 Å². The summed E-state index contributed by atoms with van der Waals surface area (Å²) in [6.45, 7) is 3.34. The van der Waals surface area contributed by atoms with E-state index in [2.05, 4.69) is 5.10 Å². The van der Waals surface area contributed by atoms with Crippen LogP contribution in [0.15, 0.2) is 12.4 Å². The third-order valence-electron chi connectivity index (χ3n) is 2.41. The summed E-state index contributed by atoms with van der Waals surface area (Å²) in [5.74, 6) is -0.159. The highest BCUT2D eigenvalue weighted by molar-refractivity contribution is 5.88. The number of aliphatic hydroxyl groups is 1. The number of aromatic nitrogens is 2. The van der Waals surface area contributed by atoms with Gasteiger partial charge in [-0.2, -0.15) is 5.10 Å². The molecule has 0 spiro atoms. The van der Waals surface area contributed by atoms with Gasteiger partial charge in [0.05, 0.1) is 6.20 Å². The minimum Gasteiger partial charge on any atom is -0.382 e. The Hall–Kier alpha value is -1.16. The van der Waals surface area contributed by atoms with Crippen LogP contribution in [0.5, 0.6) is 0 Å².